The minimum Gasteiger partial charge on any atom is -0.312 e. The van der Waals surface area contributed by atoms with E-state index in [9.17, 15) is 0 Å². The molecule has 0 aliphatic heterocycles. The van der Waals surface area contributed by atoms with Crippen LogP contribution in [0.2, 0.25) is 0 Å². The summed E-state index contributed by atoms with van der Waals surface area (Å²) >= 11 is 0. The quantitative estimate of drug-likeness (QED) is 0.217. The minimum atomic E-state index is 0.388. The van der Waals surface area contributed by atoms with E-state index in [0.29, 0.717) is 5.54 Å². The Morgan fingerprint density at radius 2 is 0.800 bits per heavy atom. The largest absolute Gasteiger partial charge is 0.312 e. The molecule has 1 N–H and O–H groups in total. The van der Waals surface area contributed by atoms with Crippen LogP contribution in [-0.4, -0.2) is 12.1 Å². The van der Waals surface area contributed by atoms with Gasteiger partial charge in [-0.25, -0.2) is 0 Å². The van der Waals surface area contributed by atoms with Gasteiger partial charge in [0, 0.05) is 5.54 Å². The first-order valence-corrected chi connectivity index (χ1v) is 11.9. The Morgan fingerprint density at radius 1 is 0.480 bits per heavy atom. The van der Waals surface area contributed by atoms with Crippen LogP contribution in [0.1, 0.15) is 143 Å². The van der Waals surface area contributed by atoms with Crippen molar-refractivity contribution in [3.8, 4) is 0 Å². The van der Waals surface area contributed by atoms with Gasteiger partial charge in [-0.3, -0.25) is 0 Å². The summed E-state index contributed by atoms with van der Waals surface area (Å²) < 4.78 is 0. The fraction of sp³-hybridized carbons (Fsp3) is 1.00. The predicted molar refractivity (Wildman–Crippen MR) is 117 cm³/mol. The molecule has 0 spiro atoms. The molecule has 0 saturated carbocycles. The highest BCUT2D eigenvalue weighted by molar-refractivity contribution is 4.82. The molecule has 0 rings (SSSR count). The zero-order valence-electron chi connectivity index (χ0n) is 18.4. The van der Waals surface area contributed by atoms with E-state index in [2.05, 4.69) is 33.0 Å². The summed E-state index contributed by atoms with van der Waals surface area (Å²) in [5.41, 5.74) is 0.388. The molecule has 0 aromatic rings. The highest BCUT2D eigenvalue weighted by atomic mass is 14.9. The van der Waals surface area contributed by atoms with Gasteiger partial charge in [0.05, 0.1) is 0 Å². The van der Waals surface area contributed by atoms with Crippen molar-refractivity contribution < 1.29 is 0 Å². The molecule has 0 unspecified atom stereocenters. The Morgan fingerprint density at radius 3 is 1.12 bits per heavy atom. The van der Waals surface area contributed by atoms with Crippen molar-refractivity contribution in [1.29, 1.82) is 0 Å². The lowest BCUT2D eigenvalue weighted by atomic mass is 9.88. The molecule has 0 fully saturated rings. The summed E-state index contributed by atoms with van der Waals surface area (Å²) in [4.78, 5) is 0. The third-order valence-electron chi connectivity index (χ3n) is 5.77. The Kier molecular flexibility index (Phi) is 18.7. The fourth-order valence-electron chi connectivity index (χ4n) is 4.03. The second-order valence-electron chi connectivity index (χ2n) is 8.54. The maximum absolute atomic E-state index is 3.80. The van der Waals surface area contributed by atoms with Crippen molar-refractivity contribution in [3.63, 3.8) is 0 Å². The number of unbranched alkanes of at least 4 members (excludes halogenated alkanes) is 14. The molecule has 152 valence electrons. The third-order valence-corrected chi connectivity index (χ3v) is 5.77. The average molecular weight is 354 g/mol. The standard InChI is InChI=1S/C24H51N/c1-5-8-10-12-14-16-18-20-22-24(4,25-7-3)23-21-19-17-15-13-11-9-6-2/h25H,5-23H2,1-4H3. The number of hydrogen-bond acceptors (Lipinski definition) is 1. The van der Waals surface area contributed by atoms with Crippen LogP contribution in [0, 0.1) is 0 Å². The molecule has 0 aromatic carbocycles. The van der Waals surface area contributed by atoms with Gasteiger partial charge >= 0.3 is 0 Å². The van der Waals surface area contributed by atoms with Gasteiger partial charge in [-0.2, -0.15) is 0 Å². The average Bonchev–Trinajstić information content (AvgIpc) is 2.60. The van der Waals surface area contributed by atoms with Crippen molar-refractivity contribution in [2.24, 2.45) is 0 Å². The van der Waals surface area contributed by atoms with Crippen LogP contribution in [0.4, 0.5) is 0 Å². The summed E-state index contributed by atoms with van der Waals surface area (Å²) in [5.74, 6) is 0. The number of rotatable bonds is 20. The smallest absolute Gasteiger partial charge is 0.0153 e. The van der Waals surface area contributed by atoms with Crippen LogP contribution in [0.15, 0.2) is 0 Å². The lowest BCUT2D eigenvalue weighted by molar-refractivity contribution is 0.292. The molecule has 0 radical (unpaired) electrons. The predicted octanol–water partition coefficient (Wildman–Crippen LogP) is 8.42. The molecule has 25 heavy (non-hydrogen) atoms. The summed E-state index contributed by atoms with van der Waals surface area (Å²) in [6, 6.07) is 0. The maximum atomic E-state index is 3.80. The maximum Gasteiger partial charge on any atom is 0.0153 e. The number of nitrogens with one attached hydrogen (secondary N) is 1. The van der Waals surface area contributed by atoms with Gasteiger partial charge in [-0.05, 0) is 26.3 Å². The zero-order chi connectivity index (χ0) is 18.6. The first-order valence-electron chi connectivity index (χ1n) is 11.9. The summed E-state index contributed by atoms with van der Waals surface area (Å²) in [6.07, 6.45) is 25.6. The molecule has 0 amide bonds. The molecule has 1 heteroatoms. The first kappa shape index (κ1) is 25.0. The van der Waals surface area contributed by atoms with E-state index >= 15 is 0 Å². The summed E-state index contributed by atoms with van der Waals surface area (Å²) in [6.45, 7) is 10.4. The van der Waals surface area contributed by atoms with Crippen LogP contribution >= 0.6 is 0 Å². The Bertz CT molecular complexity index is 228. The molecule has 0 bridgehead atoms. The van der Waals surface area contributed by atoms with Crippen LogP contribution in [0.25, 0.3) is 0 Å². The van der Waals surface area contributed by atoms with Gasteiger partial charge < -0.3 is 5.32 Å². The third kappa shape index (κ3) is 17.1. The zero-order valence-corrected chi connectivity index (χ0v) is 18.4. The topological polar surface area (TPSA) is 12.0 Å². The Balaban J connectivity index is 3.66. The van der Waals surface area contributed by atoms with Crippen molar-refractivity contribution in [3.05, 3.63) is 0 Å². The van der Waals surface area contributed by atoms with Crippen LogP contribution in [0.3, 0.4) is 0 Å². The van der Waals surface area contributed by atoms with Gasteiger partial charge in [0.1, 0.15) is 0 Å². The van der Waals surface area contributed by atoms with Gasteiger partial charge in [0.25, 0.3) is 0 Å². The lowest BCUT2D eigenvalue weighted by Gasteiger charge is -2.31. The first-order chi connectivity index (χ1) is 12.2. The monoisotopic (exact) mass is 353 g/mol. The normalized spacial score (nSPS) is 12.0. The van der Waals surface area contributed by atoms with E-state index < -0.39 is 0 Å². The second kappa shape index (κ2) is 18.7. The molecule has 0 saturated heterocycles. The minimum absolute atomic E-state index is 0.388. The lowest BCUT2D eigenvalue weighted by Crippen LogP contribution is -2.42. The van der Waals surface area contributed by atoms with E-state index in [4.69, 9.17) is 0 Å². The Labute approximate surface area is 161 Å². The molecule has 0 heterocycles. The Hall–Kier alpha value is -0.0400. The van der Waals surface area contributed by atoms with Crippen molar-refractivity contribution in [2.75, 3.05) is 6.54 Å². The molecule has 0 aliphatic carbocycles. The fourth-order valence-corrected chi connectivity index (χ4v) is 4.03. The number of hydrogen-bond donors (Lipinski definition) is 1. The van der Waals surface area contributed by atoms with Gasteiger partial charge in [-0.15, -0.1) is 0 Å². The van der Waals surface area contributed by atoms with E-state index in [1.165, 1.54) is 116 Å². The van der Waals surface area contributed by atoms with Gasteiger partial charge in [0.15, 0.2) is 0 Å². The van der Waals surface area contributed by atoms with Crippen molar-refractivity contribution in [2.45, 2.75) is 149 Å². The summed E-state index contributed by atoms with van der Waals surface area (Å²) in [5, 5.41) is 3.80. The molecular weight excluding hydrogens is 302 g/mol. The van der Waals surface area contributed by atoms with Crippen LogP contribution < -0.4 is 5.32 Å². The molecular formula is C24H51N. The van der Waals surface area contributed by atoms with E-state index in [-0.39, 0.29) is 0 Å². The molecule has 1 nitrogen and oxygen atoms in total. The van der Waals surface area contributed by atoms with Crippen LogP contribution in [-0.2, 0) is 0 Å². The van der Waals surface area contributed by atoms with E-state index in [1.54, 1.807) is 0 Å². The van der Waals surface area contributed by atoms with E-state index in [0.717, 1.165) is 6.54 Å². The summed E-state index contributed by atoms with van der Waals surface area (Å²) in [7, 11) is 0. The SMILES string of the molecule is CCCCCCCCCCC(C)(CCCCCCCCCC)NCC. The molecule has 0 atom stereocenters. The van der Waals surface area contributed by atoms with Crippen molar-refractivity contribution in [1.82, 2.24) is 5.32 Å². The molecule has 0 aromatic heterocycles. The van der Waals surface area contributed by atoms with Gasteiger partial charge in [0.2, 0.25) is 0 Å². The van der Waals surface area contributed by atoms with Gasteiger partial charge in [-0.1, -0.05) is 124 Å². The highest BCUT2D eigenvalue weighted by Crippen LogP contribution is 2.23. The highest BCUT2D eigenvalue weighted by Gasteiger charge is 2.21. The van der Waals surface area contributed by atoms with Crippen molar-refractivity contribution >= 4 is 0 Å². The molecule has 0 aliphatic rings. The van der Waals surface area contributed by atoms with E-state index in [1.807, 2.05) is 0 Å². The van der Waals surface area contributed by atoms with Crippen LogP contribution in [0.5, 0.6) is 0 Å². The second-order valence-corrected chi connectivity index (χ2v) is 8.54.